The summed E-state index contributed by atoms with van der Waals surface area (Å²) in [7, 11) is 0. The summed E-state index contributed by atoms with van der Waals surface area (Å²) >= 11 is 1.23. The lowest BCUT2D eigenvalue weighted by molar-refractivity contribution is 0.401. The second-order valence-corrected chi connectivity index (χ2v) is 5.64. The van der Waals surface area contributed by atoms with Gasteiger partial charge in [0, 0.05) is 11.0 Å². The van der Waals surface area contributed by atoms with Crippen molar-refractivity contribution in [3.8, 4) is 23.6 Å². The highest BCUT2D eigenvalue weighted by Crippen LogP contribution is 2.42. The Morgan fingerprint density at radius 1 is 1.05 bits per heavy atom. The predicted octanol–water partition coefficient (Wildman–Crippen LogP) is 3.61. The van der Waals surface area contributed by atoms with E-state index < -0.39 is 11.5 Å². The van der Waals surface area contributed by atoms with Gasteiger partial charge in [0.15, 0.2) is 11.5 Å². The van der Waals surface area contributed by atoms with Crippen LogP contribution in [-0.4, -0.2) is 10.2 Å². The standard InChI is InChI=1S/C16H12N2O2S/c1-9-3-4-14(10(2)5-9)21-16-11(7-17)6-13(19)15(20)12(16)8-18/h3-6,19-20H,1-2H3. The van der Waals surface area contributed by atoms with Crippen molar-refractivity contribution in [2.24, 2.45) is 0 Å². The molecule has 104 valence electrons. The molecule has 5 heteroatoms. The van der Waals surface area contributed by atoms with Gasteiger partial charge in [-0.3, -0.25) is 0 Å². The van der Waals surface area contributed by atoms with Gasteiger partial charge in [-0.25, -0.2) is 0 Å². The van der Waals surface area contributed by atoms with Crippen molar-refractivity contribution in [2.45, 2.75) is 23.6 Å². The first-order chi connectivity index (χ1) is 9.97. The number of aryl methyl sites for hydroxylation is 2. The van der Waals surface area contributed by atoms with E-state index in [0.717, 1.165) is 16.0 Å². The largest absolute Gasteiger partial charge is 0.504 e. The molecule has 0 bridgehead atoms. The molecule has 0 radical (unpaired) electrons. The zero-order valence-corrected chi connectivity index (χ0v) is 12.3. The predicted molar refractivity (Wildman–Crippen MR) is 79.2 cm³/mol. The Morgan fingerprint density at radius 2 is 1.76 bits per heavy atom. The summed E-state index contributed by atoms with van der Waals surface area (Å²) in [5.74, 6) is -0.961. The number of rotatable bonds is 2. The highest BCUT2D eigenvalue weighted by molar-refractivity contribution is 7.99. The summed E-state index contributed by atoms with van der Waals surface area (Å²) in [5.41, 5.74) is 2.20. The monoisotopic (exact) mass is 296 g/mol. The molecule has 2 aromatic carbocycles. The molecule has 0 aliphatic rings. The minimum atomic E-state index is -0.497. The molecule has 0 heterocycles. The Kier molecular flexibility index (Phi) is 4.07. The fourth-order valence-electron chi connectivity index (χ4n) is 1.96. The SMILES string of the molecule is Cc1ccc(Sc2c(C#N)cc(O)c(O)c2C#N)c(C)c1. The van der Waals surface area contributed by atoms with Crippen LogP contribution in [-0.2, 0) is 0 Å². The topological polar surface area (TPSA) is 88.0 Å². The molecule has 0 saturated carbocycles. The molecule has 0 atom stereocenters. The van der Waals surface area contributed by atoms with Gasteiger partial charge in [0.05, 0.1) is 10.5 Å². The van der Waals surface area contributed by atoms with Crippen molar-refractivity contribution in [2.75, 3.05) is 0 Å². The summed E-state index contributed by atoms with van der Waals surface area (Å²) in [5, 5.41) is 37.7. The van der Waals surface area contributed by atoms with Crippen LogP contribution in [0, 0.1) is 36.5 Å². The Hall–Kier alpha value is -2.63. The highest BCUT2D eigenvalue weighted by atomic mass is 32.2. The summed E-state index contributed by atoms with van der Waals surface area (Å²) in [6.07, 6.45) is 0. The molecule has 2 rings (SSSR count). The molecule has 0 amide bonds. The number of nitriles is 2. The second kappa shape index (κ2) is 5.78. The minimum Gasteiger partial charge on any atom is -0.504 e. The quantitative estimate of drug-likeness (QED) is 0.826. The smallest absolute Gasteiger partial charge is 0.176 e. The Labute approximate surface area is 126 Å². The normalized spacial score (nSPS) is 9.90. The van der Waals surface area contributed by atoms with Crippen LogP contribution < -0.4 is 0 Å². The van der Waals surface area contributed by atoms with Gasteiger partial charge in [-0.2, -0.15) is 10.5 Å². The van der Waals surface area contributed by atoms with Gasteiger partial charge in [-0.05, 0) is 25.5 Å². The van der Waals surface area contributed by atoms with E-state index in [9.17, 15) is 20.7 Å². The molecule has 4 nitrogen and oxygen atoms in total. The lowest BCUT2D eigenvalue weighted by Crippen LogP contribution is -1.91. The first kappa shape index (κ1) is 14.8. The maximum atomic E-state index is 9.79. The van der Waals surface area contributed by atoms with Gasteiger partial charge in [-0.1, -0.05) is 29.5 Å². The number of hydrogen-bond acceptors (Lipinski definition) is 5. The van der Waals surface area contributed by atoms with E-state index in [1.54, 1.807) is 0 Å². The van der Waals surface area contributed by atoms with E-state index in [0.29, 0.717) is 4.90 Å². The Morgan fingerprint density at radius 3 is 2.33 bits per heavy atom. The van der Waals surface area contributed by atoms with Gasteiger partial charge in [0.2, 0.25) is 0 Å². The van der Waals surface area contributed by atoms with Crippen LogP contribution in [0.3, 0.4) is 0 Å². The average molecular weight is 296 g/mol. The van der Waals surface area contributed by atoms with E-state index >= 15 is 0 Å². The van der Waals surface area contributed by atoms with Crippen LogP contribution in [0.15, 0.2) is 34.1 Å². The molecule has 21 heavy (non-hydrogen) atoms. The summed E-state index contributed by atoms with van der Waals surface area (Å²) < 4.78 is 0. The second-order valence-electron chi connectivity index (χ2n) is 4.59. The van der Waals surface area contributed by atoms with E-state index in [4.69, 9.17) is 0 Å². The first-order valence-corrected chi connectivity index (χ1v) is 6.93. The number of benzene rings is 2. The van der Waals surface area contributed by atoms with Crippen LogP contribution in [0.5, 0.6) is 11.5 Å². The third kappa shape index (κ3) is 2.79. The van der Waals surface area contributed by atoms with E-state index in [1.165, 1.54) is 17.8 Å². The fourth-order valence-corrected chi connectivity index (χ4v) is 2.99. The van der Waals surface area contributed by atoms with Gasteiger partial charge in [0.1, 0.15) is 17.7 Å². The van der Waals surface area contributed by atoms with E-state index in [2.05, 4.69) is 0 Å². The number of phenols is 2. The summed E-state index contributed by atoms with van der Waals surface area (Å²) in [6.45, 7) is 3.92. The third-order valence-corrected chi connectivity index (χ3v) is 4.31. The lowest BCUT2D eigenvalue weighted by atomic mass is 10.1. The Balaban J connectivity index is 2.61. The molecule has 0 aromatic heterocycles. The van der Waals surface area contributed by atoms with Crippen molar-refractivity contribution >= 4 is 11.8 Å². The van der Waals surface area contributed by atoms with Crippen molar-refractivity contribution in [1.82, 2.24) is 0 Å². The Bertz CT molecular complexity index is 801. The van der Waals surface area contributed by atoms with Crippen molar-refractivity contribution in [3.63, 3.8) is 0 Å². The summed E-state index contributed by atoms with van der Waals surface area (Å²) in [4.78, 5) is 1.24. The van der Waals surface area contributed by atoms with Crippen molar-refractivity contribution in [1.29, 1.82) is 10.5 Å². The molecule has 2 aromatic rings. The maximum Gasteiger partial charge on any atom is 0.176 e. The fraction of sp³-hybridized carbons (Fsp3) is 0.125. The molecular formula is C16H12N2O2S. The van der Waals surface area contributed by atoms with E-state index in [1.807, 2.05) is 44.2 Å². The molecule has 2 N–H and O–H groups in total. The van der Waals surface area contributed by atoms with Crippen LogP contribution in [0.4, 0.5) is 0 Å². The average Bonchev–Trinajstić information content (AvgIpc) is 2.45. The maximum absolute atomic E-state index is 9.79. The molecule has 0 unspecified atom stereocenters. The molecule has 0 fully saturated rings. The first-order valence-electron chi connectivity index (χ1n) is 6.12. The van der Waals surface area contributed by atoms with Crippen LogP contribution in [0.1, 0.15) is 22.3 Å². The van der Waals surface area contributed by atoms with Gasteiger partial charge < -0.3 is 10.2 Å². The molecule has 0 saturated heterocycles. The zero-order chi connectivity index (χ0) is 15.6. The lowest BCUT2D eigenvalue weighted by Gasteiger charge is -2.11. The molecule has 0 aliphatic heterocycles. The zero-order valence-electron chi connectivity index (χ0n) is 11.5. The number of aromatic hydroxyl groups is 2. The number of hydrogen-bond donors (Lipinski definition) is 2. The number of phenolic OH excluding ortho intramolecular Hbond substituents is 2. The van der Waals surface area contributed by atoms with Crippen LogP contribution >= 0.6 is 11.8 Å². The summed E-state index contributed by atoms with van der Waals surface area (Å²) in [6, 6.07) is 10.8. The van der Waals surface area contributed by atoms with Crippen LogP contribution in [0.2, 0.25) is 0 Å². The molecular weight excluding hydrogens is 284 g/mol. The highest BCUT2D eigenvalue weighted by Gasteiger charge is 2.19. The van der Waals surface area contributed by atoms with Gasteiger partial charge in [-0.15, -0.1) is 0 Å². The van der Waals surface area contributed by atoms with Crippen molar-refractivity contribution in [3.05, 3.63) is 46.5 Å². The molecule has 0 spiro atoms. The van der Waals surface area contributed by atoms with Crippen LogP contribution in [0.25, 0.3) is 0 Å². The van der Waals surface area contributed by atoms with Crippen molar-refractivity contribution < 1.29 is 10.2 Å². The van der Waals surface area contributed by atoms with Gasteiger partial charge >= 0.3 is 0 Å². The third-order valence-electron chi connectivity index (χ3n) is 3.01. The van der Waals surface area contributed by atoms with Gasteiger partial charge in [0.25, 0.3) is 0 Å². The minimum absolute atomic E-state index is 0.0866. The number of nitrogens with zero attached hydrogens (tertiary/aromatic N) is 2. The van der Waals surface area contributed by atoms with E-state index in [-0.39, 0.29) is 11.1 Å². The molecule has 0 aliphatic carbocycles.